The lowest BCUT2D eigenvalue weighted by Gasteiger charge is -2.26. The summed E-state index contributed by atoms with van der Waals surface area (Å²) in [6, 6.07) is 10.3. The van der Waals surface area contributed by atoms with Gasteiger partial charge in [-0.25, -0.2) is 0 Å². The van der Waals surface area contributed by atoms with E-state index >= 15 is 0 Å². The van der Waals surface area contributed by atoms with Crippen LogP contribution in [-0.2, 0) is 0 Å². The van der Waals surface area contributed by atoms with E-state index in [1.165, 1.54) is 61.8 Å². The standard InChI is InChI=1S/C22H34N4OS/c1-23-22(24-12-6-2-7-13-26-14-8-3-9-15-26)25-17-19(27)21-16-18-10-4-5-11-20(18)28-21/h4-5,10-11,16,19,27H,2-3,6-9,12-15,17H2,1H3,(H2,23,24,25). The van der Waals surface area contributed by atoms with Gasteiger partial charge >= 0.3 is 0 Å². The quantitative estimate of drug-likeness (QED) is 0.340. The van der Waals surface area contributed by atoms with E-state index in [9.17, 15) is 5.11 Å². The molecule has 1 atom stereocenters. The van der Waals surface area contributed by atoms with Crippen LogP contribution in [0.25, 0.3) is 10.1 Å². The monoisotopic (exact) mass is 402 g/mol. The van der Waals surface area contributed by atoms with Crippen molar-refractivity contribution in [3.8, 4) is 0 Å². The summed E-state index contributed by atoms with van der Waals surface area (Å²) >= 11 is 1.65. The lowest BCUT2D eigenvalue weighted by molar-refractivity contribution is 0.184. The van der Waals surface area contributed by atoms with E-state index in [0.29, 0.717) is 6.54 Å². The highest BCUT2D eigenvalue weighted by Crippen LogP contribution is 2.29. The van der Waals surface area contributed by atoms with Crippen LogP contribution in [0.5, 0.6) is 0 Å². The maximum absolute atomic E-state index is 10.5. The predicted molar refractivity (Wildman–Crippen MR) is 120 cm³/mol. The number of piperidine rings is 1. The summed E-state index contributed by atoms with van der Waals surface area (Å²) in [6.45, 7) is 5.20. The third-order valence-electron chi connectivity index (χ3n) is 5.35. The van der Waals surface area contributed by atoms with Crippen molar-refractivity contribution in [1.29, 1.82) is 0 Å². The fraction of sp³-hybridized carbons (Fsp3) is 0.591. The molecule has 6 heteroatoms. The molecule has 1 aromatic heterocycles. The van der Waals surface area contributed by atoms with E-state index in [1.54, 1.807) is 18.4 Å². The molecular weight excluding hydrogens is 368 g/mol. The van der Waals surface area contributed by atoms with Crippen molar-refractivity contribution in [2.75, 3.05) is 39.8 Å². The number of nitrogens with zero attached hydrogens (tertiary/aromatic N) is 2. The summed E-state index contributed by atoms with van der Waals surface area (Å²) < 4.78 is 1.21. The first kappa shape index (κ1) is 21.1. The van der Waals surface area contributed by atoms with Gasteiger partial charge in [0.2, 0.25) is 0 Å². The highest BCUT2D eigenvalue weighted by atomic mass is 32.1. The van der Waals surface area contributed by atoms with Crippen molar-refractivity contribution >= 4 is 27.4 Å². The van der Waals surface area contributed by atoms with Gasteiger partial charge in [0.25, 0.3) is 0 Å². The molecule has 1 saturated heterocycles. The number of rotatable bonds is 9. The van der Waals surface area contributed by atoms with Gasteiger partial charge in [0.05, 0.1) is 0 Å². The smallest absolute Gasteiger partial charge is 0.191 e. The third-order valence-corrected chi connectivity index (χ3v) is 6.57. The molecule has 3 rings (SSSR count). The van der Waals surface area contributed by atoms with Crippen molar-refractivity contribution in [3.05, 3.63) is 35.2 Å². The first-order valence-corrected chi connectivity index (χ1v) is 11.4. The van der Waals surface area contributed by atoms with E-state index in [1.807, 2.05) is 12.1 Å². The average Bonchev–Trinajstić information content (AvgIpc) is 3.17. The molecule has 0 bridgehead atoms. The number of fused-ring (bicyclic) bond motifs is 1. The predicted octanol–water partition coefficient (Wildman–Crippen LogP) is 3.76. The first-order valence-electron chi connectivity index (χ1n) is 10.6. The van der Waals surface area contributed by atoms with E-state index < -0.39 is 6.10 Å². The number of aliphatic hydroxyl groups is 1. The van der Waals surface area contributed by atoms with Crippen LogP contribution < -0.4 is 10.6 Å². The second-order valence-corrected chi connectivity index (χ2v) is 8.66. The Balaban J connectivity index is 1.30. The van der Waals surface area contributed by atoms with Crippen LogP contribution in [0.15, 0.2) is 35.3 Å². The van der Waals surface area contributed by atoms with Crippen LogP contribution in [-0.4, -0.2) is 55.7 Å². The topological polar surface area (TPSA) is 59.9 Å². The Labute approximate surface area is 172 Å². The molecule has 0 spiro atoms. The summed E-state index contributed by atoms with van der Waals surface area (Å²) in [7, 11) is 1.78. The molecule has 0 saturated carbocycles. The van der Waals surface area contributed by atoms with Gasteiger partial charge in [-0.15, -0.1) is 11.3 Å². The molecule has 3 N–H and O–H groups in total. The largest absolute Gasteiger partial charge is 0.386 e. The van der Waals surface area contributed by atoms with Crippen molar-refractivity contribution < 1.29 is 5.11 Å². The van der Waals surface area contributed by atoms with Crippen LogP contribution in [0.3, 0.4) is 0 Å². The van der Waals surface area contributed by atoms with E-state index in [4.69, 9.17) is 0 Å². The Bertz CT molecular complexity index is 706. The molecule has 1 fully saturated rings. The number of likely N-dealkylation sites (tertiary alicyclic amines) is 1. The molecule has 28 heavy (non-hydrogen) atoms. The molecule has 2 aromatic rings. The van der Waals surface area contributed by atoms with Gasteiger partial charge in [-0.3, -0.25) is 4.99 Å². The van der Waals surface area contributed by atoms with Crippen LogP contribution in [0.2, 0.25) is 0 Å². The van der Waals surface area contributed by atoms with Gasteiger partial charge in [-0.2, -0.15) is 0 Å². The third kappa shape index (κ3) is 6.47. The molecule has 1 aliphatic rings. The van der Waals surface area contributed by atoms with Crippen molar-refractivity contribution in [3.63, 3.8) is 0 Å². The van der Waals surface area contributed by atoms with Crippen molar-refractivity contribution in [1.82, 2.24) is 15.5 Å². The Morgan fingerprint density at radius 1 is 1.14 bits per heavy atom. The van der Waals surface area contributed by atoms with Crippen LogP contribution >= 0.6 is 11.3 Å². The molecule has 1 aromatic carbocycles. The number of benzene rings is 1. The number of thiophene rings is 1. The maximum atomic E-state index is 10.5. The Morgan fingerprint density at radius 2 is 1.96 bits per heavy atom. The van der Waals surface area contributed by atoms with Gasteiger partial charge < -0.3 is 20.6 Å². The van der Waals surface area contributed by atoms with Gasteiger partial charge in [0.15, 0.2) is 5.96 Å². The summed E-state index contributed by atoms with van der Waals surface area (Å²) in [5, 5.41) is 18.3. The zero-order chi connectivity index (χ0) is 19.6. The zero-order valence-corrected chi connectivity index (χ0v) is 17.8. The second-order valence-electron chi connectivity index (χ2n) is 7.55. The first-order chi connectivity index (χ1) is 13.8. The second kappa shape index (κ2) is 11.4. The summed E-state index contributed by atoms with van der Waals surface area (Å²) in [5.41, 5.74) is 0. The van der Waals surface area contributed by atoms with Crippen LogP contribution in [0.1, 0.15) is 49.5 Å². The molecular formula is C22H34N4OS. The highest BCUT2D eigenvalue weighted by molar-refractivity contribution is 7.19. The van der Waals surface area contributed by atoms with Gasteiger partial charge in [-0.05, 0) is 62.8 Å². The summed E-state index contributed by atoms with van der Waals surface area (Å²) in [4.78, 5) is 7.86. The molecule has 154 valence electrons. The normalized spacial score (nSPS) is 17.0. The van der Waals surface area contributed by atoms with Gasteiger partial charge in [0.1, 0.15) is 6.10 Å². The minimum Gasteiger partial charge on any atom is -0.386 e. The van der Waals surface area contributed by atoms with Gasteiger partial charge in [-0.1, -0.05) is 31.0 Å². The number of hydrogen-bond donors (Lipinski definition) is 3. The highest BCUT2D eigenvalue weighted by Gasteiger charge is 2.12. The van der Waals surface area contributed by atoms with Crippen LogP contribution in [0, 0.1) is 0 Å². The SMILES string of the molecule is CN=C(NCCCCCN1CCCCC1)NCC(O)c1cc2ccccc2s1. The maximum Gasteiger partial charge on any atom is 0.191 e. The molecule has 0 amide bonds. The molecule has 0 radical (unpaired) electrons. The average molecular weight is 403 g/mol. The number of nitrogens with one attached hydrogen (secondary N) is 2. The van der Waals surface area contributed by atoms with E-state index in [2.05, 4.69) is 38.7 Å². The molecule has 1 unspecified atom stereocenters. The summed E-state index contributed by atoms with van der Waals surface area (Å²) in [6.07, 6.45) is 7.29. The van der Waals surface area contributed by atoms with Crippen molar-refractivity contribution in [2.45, 2.75) is 44.6 Å². The molecule has 5 nitrogen and oxygen atoms in total. The minimum absolute atomic E-state index is 0.460. The number of guanidine groups is 1. The summed E-state index contributed by atoms with van der Waals surface area (Å²) in [5.74, 6) is 0.760. The fourth-order valence-electron chi connectivity index (χ4n) is 3.71. The van der Waals surface area contributed by atoms with E-state index in [0.717, 1.165) is 23.8 Å². The van der Waals surface area contributed by atoms with Crippen molar-refractivity contribution in [2.24, 2.45) is 4.99 Å². The fourth-order valence-corrected chi connectivity index (χ4v) is 4.76. The molecule has 2 heterocycles. The Morgan fingerprint density at radius 3 is 2.75 bits per heavy atom. The zero-order valence-electron chi connectivity index (χ0n) is 17.0. The lowest BCUT2D eigenvalue weighted by atomic mass is 10.1. The number of unbranched alkanes of at least 4 members (excludes halogenated alkanes) is 2. The molecule has 1 aliphatic heterocycles. The minimum atomic E-state index is -0.527. The number of hydrogen-bond acceptors (Lipinski definition) is 4. The Kier molecular flexibility index (Phi) is 8.58. The van der Waals surface area contributed by atoms with E-state index in [-0.39, 0.29) is 0 Å². The van der Waals surface area contributed by atoms with Crippen LogP contribution in [0.4, 0.5) is 0 Å². The molecule has 0 aliphatic carbocycles. The lowest BCUT2D eigenvalue weighted by Crippen LogP contribution is -2.39. The van der Waals surface area contributed by atoms with Gasteiger partial charge in [0, 0.05) is 29.7 Å². The number of aliphatic hydroxyl groups excluding tert-OH is 1. The Hall–Kier alpha value is -1.63. The number of aliphatic imine (C=N–C) groups is 1.